The van der Waals surface area contributed by atoms with E-state index in [9.17, 15) is 33.9 Å². The quantitative estimate of drug-likeness (QED) is 0.136. The number of rotatable bonds is 22. The summed E-state index contributed by atoms with van der Waals surface area (Å²) in [5.41, 5.74) is 5.37. The van der Waals surface area contributed by atoms with E-state index in [1.54, 1.807) is 6.92 Å². The lowest BCUT2D eigenvalue weighted by Gasteiger charge is -2.25. The first kappa shape index (κ1) is 38.4. The lowest BCUT2D eigenvalue weighted by Crippen LogP contribution is -2.44. The molecule has 1 aliphatic carbocycles. The van der Waals surface area contributed by atoms with Crippen LogP contribution >= 0.6 is 0 Å². The minimum Gasteiger partial charge on any atom is -0.393 e. The number of nitrogens with one attached hydrogen (secondary N) is 2. The number of hydrogen-bond donors (Lipinski definition) is 4. The topological polar surface area (TPSA) is 176 Å². The molecule has 0 radical (unpaired) electrons. The number of aliphatic hydroxyl groups excluding tert-OH is 1. The fraction of sp³-hybridized carbons (Fsp3) is 0.812. The highest BCUT2D eigenvalue weighted by Crippen LogP contribution is 2.25. The zero-order chi connectivity index (χ0) is 32.5. The molecule has 0 saturated heterocycles. The molecule has 0 aromatic heterocycles. The van der Waals surface area contributed by atoms with Crippen LogP contribution in [0.3, 0.4) is 0 Å². The van der Waals surface area contributed by atoms with Crippen molar-refractivity contribution < 1.29 is 33.9 Å². The number of ketones is 3. The van der Waals surface area contributed by atoms with Gasteiger partial charge in [0.05, 0.1) is 24.1 Å². The number of carbonyl (C=O) groups excluding carboxylic acids is 6. The summed E-state index contributed by atoms with van der Waals surface area (Å²) in [5.74, 6) is -3.31. The molecule has 0 aliphatic heterocycles. The van der Waals surface area contributed by atoms with E-state index in [0.717, 1.165) is 51.6 Å². The van der Waals surface area contributed by atoms with E-state index in [1.165, 1.54) is 6.92 Å². The fourth-order valence-corrected chi connectivity index (χ4v) is 5.61. The molecule has 4 atom stereocenters. The zero-order valence-corrected chi connectivity index (χ0v) is 27.0. The van der Waals surface area contributed by atoms with Crippen LogP contribution < -0.4 is 16.4 Å². The Bertz CT molecular complexity index is 931. The van der Waals surface area contributed by atoms with Gasteiger partial charge < -0.3 is 26.4 Å². The first-order valence-electron chi connectivity index (χ1n) is 16.1. The van der Waals surface area contributed by atoms with Crippen LogP contribution in [0.5, 0.6) is 0 Å². The highest BCUT2D eigenvalue weighted by atomic mass is 16.3. The molecule has 43 heavy (non-hydrogen) atoms. The molecule has 11 heteroatoms. The van der Waals surface area contributed by atoms with Crippen molar-refractivity contribution in [1.82, 2.24) is 15.5 Å². The average molecular weight is 609 g/mol. The van der Waals surface area contributed by atoms with E-state index in [2.05, 4.69) is 36.3 Å². The van der Waals surface area contributed by atoms with Crippen LogP contribution in [0.15, 0.2) is 0 Å². The van der Waals surface area contributed by atoms with Gasteiger partial charge in [-0.05, 0) is 72.9 Å². The van der Waals surface area contributed by atoms with Crippen molar-refractivity contribution in [3.63, 3.8) is 0 Å². The predicted octanol–water partition coefficient (Wildman–Crippen LogP) is 2.60. The second-order valence-electron chi connectivity index (χ2n) is 12.3. The highest BCUT2D eigenvalue weighted by Gasteiger charge is 2.29. The van der Waals surface area contributed by atoms with E-state index in [4.69, 9.17) is 5.73 Å². The van der Waals surface area contributed by atoms with E-state index < -0.39 is 41.7 Å². The highest BCUT2D eigenvalue weighted by molar-refractivity contribution is 5.94. The molecule has 0 heterocycles. The van der Waals surface area contributed by atoms with Gasteiger partial charge in [-0.1, -0.05) is 26.2 Å². The molecule has 0 bridgehead atoms. The number of primary amides is 1. The summed E-state index contributed by atoms with van der Waals surface area (Å²) in [7, 11) is 0. The van der Waals surface area contributed by atoms with Gasteiger partial charge in [0.15, 0.2) is 11.6 Å². The van der Waals surface area contributed by atoms with E-state index in [-0.39, 0.29) is 55.5 Å². The molecule has 11 nitrogen and oxygen atoms in total. The Morgan fingerprint density at radius 2 is 1.44 bits per heavy atom. The predicted molar refractivity (Wildman–Crippen MR) is 165 cm³/mol. The standard InChI is InChI=1S/C32H56N4O7/c1-6-36(21(2)3)19-11-10-14-26(29(40)20-25(23(5)37)32(33)43)35-31(42)17-15-27(38)22(4)34-30(41)18-16-28(39)24-12-8-7-9-13-24/h21-26,37H,6-20H2,1-5H3,(H2,33,43)(H,34,41)(H,35,42)/t22-,23-,25?,26-/m0/s1. The lowest BCUT2D eigenvalue weighted by molar-refractivity contribution is -0.133. The van der Waals surface area contributed by atoms with Crippen LogP contribution in [0.2, 0.25) is 0 Å². The van der Waals surface area contributed by atoms with Crippen molar-refractivity contribution in [2.75, 3.05) is 13.1 Å². The van der Waals surface area contributed by atoms with Gasteiger partial charge in [0, 0.05) is 44.1 Å². The average Bonchev–Trinajstić information content (AvgIpc) is 2.96. The number of Topliss-reactive ketones (excluding diaryl/α,β-unsaturated/α-hetero) is 3. The molecule has 246 valence electrons. The number of unbranched alkanes of at least 4 members (excludes halogenated alkanes) is 1. The molecule has 3 amide bonds. The molecular formula is C32H56N4O7. The number of aliphatic hydroxyl groups is 1. The first-order chi connectivity index (χ1) is 20.3. The smallest absolute Gasteiger partial charge is 0.223 e. The number of carbonyl (C=O) groups is 6. The summed E-state index contributed by atoms with van der Waals surface area (Å²) in [6.07, 6.45) is 5.30. The van der Waals surface area contributed by atoms with Gasteiger partial charge in [-0.3, -0.25) is 28.8 Å². The Kier molecular flexibility index (Phi) is 18.1. The van der Waals surface area contributed by atoms with Crippen molar-refractivity contribution in [3.05, 3.63) is 0 Å². The minimum absolute atomic E-state index is 0.0309. The third-order valence-electron chi connectivity index (χ3n) is 8.54. The third-order valence-corrected chi connectivity index (χ3v) is 8.54. The van der Waals surface area contributed by atoms with E-state index >= 15 is 0 Å². The molecule has 0 spiro atoms. The molecule has 5 N–H and O–H groups in total. The van der Waals surface area contributed by atoms with Crippen molar-refractivity contribution in [3.8, 4) is 0 Å². The van der Waals surface area contributed by atoms with Gasteiger partial charge in [0.1, 0.15) is 5.78 Å². The molecule has 0 aromatic carbocycles. The van der Waals surface area contributed by atoms with Crippen LogP contribution in [-0.4, -0.2) is 82.4 Å². The summed E-state index contributed by atoms with van der Waals surface area (Å²) in [5, 5.41) is 15.2. The maximum Gasteiger partial charge on any atom is 0.223 e. The maximum absolute atomic E-state index is 13.1. The molecule has 1 unspecified atom stereocenters. The summed E-state index contributed by atoms with van der Waals surface area (Å²) < 4.78 is 0. The fourth-order valence-electron chi connectivity index (χ4n) is 5.61. The minimum atomic E-state index is -1.11. The summed E-state index contributed by atoms with van der Waals surface area (Å²) in [4.78, 5) is 77.2. The number of hydrogen-bond acceptors (Lipinski definition) is 8. The van der Waals surface area contributed by atoms with Gasteiger partial charge >= 0.3 is 0 Å². The molecule has 1 aliphatic rings. The first-order valence-corrected chi connectivity index (χ1v) is 16.1. The zero-order valence-electron chi connectivity index (χ0n) is 27.0. The number of amides is 3. The second-order valence-corrected chi connectivity index (χ2v) is 12.3. The third kappa shape index (κ3) is 15.1. The Morgan fingerprint density at radius 3 is 2.00 bits per heavy atom. The maximum atomic E-state index is 13.1. The SMILES string of the molecule is CCN(CCCC[C@H](NC(=O)CCC(=O)[C@H](C)NC(=O)CCC(=O)C1CCCCC1)C(=O)CC(C(N)=O)[C@H](C)O)C(C)C. The van der Waals surface area contributed by atoms with Crippen LogP contribution in [0.25, 0.3) is 0 Å². The van der Waals surface area contributed by atoms with E-state index in [1.807, 2.05) is 0 Å². The molecule has 1 rings (SSSR count). The Labute approximate surface area is 257 Å². The lowest BCUT2D eigenvalue weighted by atomic mass is 9.85. The molecular weight excluding hydrogens is 552 g/mol. The summed E-state index contributed by atoms with van der Waals surface area (Å²) >= 11 is 0. The Morgan fingerprint density at radius 1 is 0.837 bits per heavy atom. The van der Waals surface area contributed by atoms with Gasteiger partial charge in [-0.25, -0.2) is 0 Å². The van der Waals surface area contributed by atoms with Gasteiger partial charge in [0.25, 0.3) is 0 Å². The Balaban J connectivity index is 2.62. The number of nitrogens with zero attached hydrogens (tertiary/aromatic N) is 1. The normalized spacial score (nSPS) is 16.7. The van der Waals surface area contributed by atoms with Crippen LogP contribution in [0.1, 0.15) is 118 Å². The summed E-state index contributed by atoms with van der Waals surface area (Å²) in [6.45, 7) is 11.0. The van der Waals surface area contributed by atoms with Crippen molar-refractivity contribution >= 4 is 35.1 Å². The van der Waals surface area contributed by atoms with Crippen LogP contribution in [0.4, 0.5) is 0 Å². The van der Waals surface area contributed by atoms with Crippen LogP contribution in [0, 0.1) is 11.8 Å². The monoisotopic (exact) mass is 608 g/mol. The number of nitrogens with two attached hydrogens (primary N) is 1. The second kappa shape index (κ2) is 20.3. The van der Waals surface area contributed by atoms with Gasteiger partial charge in [-0.2, -0.15) is 0 Å². The summed E-state index contributed by atoms with van der Waals surface area (Å²) in [6, 6.07) is -1.30. The Hall–Kier alpha value is -2.66. The van der Waals surface area contributed by atoms with Gasteiger partial charge in [0.2, 0.25) is 17.7 Å². The van der Waals surface area contributed by atoms with Gasteiger partial charge in [-0.15, -0.1) is 0 Å². The molecule has 1 saturated carbocycles. The van der Waals surface area contributed by atoms with Crippen molar-refractivity contribution in [2.24, 2.45) is 17.6 Å². The molecule has 0 aromatic rings. The van der Waals surface area contributed by atoms with Crippen molar-refractivity contribution in [2.45, 2.75) is 142 Å². The largest absolute Gasteiger partial charge is 0.393 e. The van der Waals surface area contributed by atoms with Crippen molar-refractivity contribution in [1.29, 1.82) is 0 Å². The van der Waals surface area contributed by atoms with Crippen LogP contribution in [-0.2, 0) is 28.8 Å². The molecule has 1 fully saturated rings. The van der Waals surface area contributed by atoms with E-state index in [0.29, 0.717) is 18.9 Å².